The van der Waals surface area contributed by atoms with Crippen LogP contribution in [-0.4, -0.2) is 45.3 Å². The summed E-state index contributed by atoms with van der Waals surface area (Å²) in [7, 11) is 0. The zero-order valence-corrected chi connectivity index (χ0v) is 19.2. The summed E-state index contributed by atoms with van der Waals surface area (Å²) in [5, 5.41) is 11.6. The Morgan fingerprint density at radius 2 is 2.00 bits per heavy atom. The largest absolute Gasteiger partial charge is 0.463 e. The second-order valence-corrected chi connectivity index (χ2v) is 9.16. The lowest BCUT2D eigenvalue weighted by atomic mass is 9.97. The highest BCUT2D eigenvalue weighted by Crippen LogP contribution is 2.32. The molecule has 0 radical (unpaired) electrons. The van der Waals surface area contributed by atoms with E-state index in [0.29, 0.717) is 37.0 Å². The lowest BCUT2D eigenvalue weighted by molar-refractivity contribution is -0.125. The minimum atomic E-state index is -0.125. The van der Waals surface area contributed by atoms with Crippen LogP contribution in [-0.2, 0) is 11.3 Å². The van der Waals surface area contributed by atoms with Crippen molar-refractivity contribution in [2.75, 3.05) is 24.5 Å². The fourth-order valence-electron chi connectivity index (χ4n) is 4.95. The van der Waals surface area contributed by atoms with Crippen molar-refractivity contribution < 1.29 is 9.21 Å². The van der Waals surface area contributed by atoms with Gasteiger partial charge < -0.3 is 14.6 Å². The van der Waals surface area contributed by atoms with E-state index in [0.717, 1.165) is 43.7 Å². The first kappa shape index (κ1) is 22.3. The smallest absolute Gasteiger partial charge is 0.253 e. The summed E-state index contributed by atoms with van der Waals surface area (Å²) < 4.78 is 6.94. The number of furan rings is 1. The highest BCUT2D eigenvalue weighted by atomic mass is 16.3. The van der Waals surface area contributed by atoms with Crippen LogP contribution in [0.2, 0.25) is 0 Å². The van der Waals surface area contributed by atoms with E-state index in [2.05, 4.69) is 25.4 Å². The Labute approximate surface area is 198 Å². The zero-order valence-electron chi connectivity index (χ0n) is 19.2. The molecule has 1 amide bonds. The zero-order chi connectivity index (χ0) is 23.3. The summed E-state index contributed by atoms with van der Waals surface area (Å²) in [5.74, 6) is 1.74. The molecule has 3 aromatic rings. The summed E-state index contributed by atoms with van der Waals surface area (Å²) >= 11 is 0. The Morgan fingerprint density at radius 3 is 2.74 bits per heavy atom. The van der Waals surface area contributed by atoms with E-state index in [9.17, 15) is 9.59 Å². The topological polar surface area (TPSA) is 106 Å². The van der Waals surface area contributed by atoms with Gasteiger partial charge in [0.05, 0.1) is 24.2 Å². The van der Waals surface area contributed by atoms with Gasteiger partial charge in [-0.15, -0.1) is 10.2 Å². The molecular weight excluding hydrogens is 432 g/mol. The average molecular weight is 463 g/mol. The third kappa shape index (κ3) is 5.03. The minimum Gasteiger partial charge on any atom is -0.463 e. The van der Waals surface area contributed by atoms with Crippen LogP contribution < -0.4 is 15.8 Å². The molecule has 2 aliphatic rings. The molecule has 2 fully saturated rings. The Bertz CT molecular complexity index is 1150. The van der Waals surface area contributed by atoms with Crippen molar-refractivity contribution in [3.05, 3.63) is 59.0 Å². The average Bonchev–Trinajstić information content (AvgIpc) is 3.60. The summed E-state index contributed by atoms with van der Waals surface area (Å²) in [6, 6.07) is 9.12. The number of nitrogens with one attached hydrogen (secondary N) is 1. The van der Waals surface area contributed by atoms with Crippen LogP contribution in [0.5, 0.6) is 0 Å². The first-order valence-electron chi connectivity index (χ1n) is 12.1. The van der Waals surface area contributed by atoms with Crippen molar-refractivity contribution in [1.29, 1.82) is 0 Å². The van der Waals surface area contributed by atoms with Crippen molar-refractivity contribution in [2.45, 2.75) is 51.0 Å². The highest BCUT2D eigenvalue weighted by molar-refractivity contribution is 5.79. The van der Waals surface area contributed by atoms with E-state index in [-0.39, 0.29) is 17.4 Å². The molecule has 9 nitrogen and oxygen atoms in total. The fourth-order valence-corrected chi connectivity index (χ4v) is 4.95. The molecule has 1 saturated heterocycles. The number of piperidine rings is 1. The third-order valence-corrected chi connectivity index (χ3v) is 6.87. The van der Waals surface area contributed by atoms with Gasteiger partial charge in [-0.05, 0) is 49.9 Å². The van der Waals surface area contributed by atoms with Crippen molar-refractivity contribution >= 4 is 11.7 Å². The molecule has 178 valence electrons. The molecule has 5 rings (SSSR count). The van der Waals surface area contributed by atoms with Crippen molar-refractivity contribution in [1.82, 2.24) is 25.1 Å². The molecule has 1 atom stereocenters. The number of nitrogens with zero attached hydrogens (tertiary/aromatic N) is 5. The number of anilines is 1. The van der Waals surface area contributed by atoms with Crippen molar-refractivity contribution in [3.63, 3.8) is 0 Å². The minimum absolute atomic E-state index is 0.00782. The quantitative estimate of drug-likeness (QED) is 0.575. The number of amides is 1. The summed E-state index contributed by atoms with van der Waals surface area (Å²) in [6.07, 6.45) is 9.62. The summed E-state index contributed by atoms with van der Waals surface area (Å²) in [6.45, 7) is 2.25. The van der Waals surface area contributed by atoms with Crippen LogP contribution in [0.15, 0.2) is 52.1 Å². The van der Waals surface area contributed by atoms with E-state index in [1.54, 1.807) is 23.2 Å². The molecule has 4 heterocycles. The highest BCUT2D eigenvalue weighted by Gasteiger charge is 2.26. The molecule has 1 aliphatic heterocycles. The van der Waals surface area contributed by atoms with Crippen LogP contribution >= 0.6 is 0 Å². The fraction of sp³-hybridized carbons (Fsp3) is 0.480. The maximum absolute atomic E-state index is 12.8. The Kier molecular flexibility index (Phi) is 6.69. The molecule has 1 unspecified atom stereocenters. The Morgan fingerprint density at radius 1 is 1.12 bits per heavy atom. The van der Waals surface area contributed by atoms with Gasteiger partial charge in [0.25, 0.3) is 5.56 Å². The molecule has 0 spiro atoms. The lowest BCUT2D eigenvalue weighted by Gasteiger charge is -2.32. The van der Waals surface area contributed by atoms with Crippen LogP contribution in [0, 0.1) is 5.92 Å². The Hall–Kier alpha value is -3.49. The molecule has 3 aromatic heterocycles. The van der Waals surface area contributed by atoms with Gasteiger partial charge in [0.2, 0.25) is 5.91 Å². The maximum atomic E-state index is 12.8. The predicted molar refractivity (Wildman–Crippen MR) is 127 cm³/mol. The predicted octanol–water partition coefficient (Wildman–Crippen LogP) is 2.98. The maximum Gasteiger partial charge on any atom is 0.253 e. The third-order valence-electron chi connectivity index (χ3n) is 6.87. The molecule has 0 bridgehead atoms. The van der Waals surface area contributed by atoms with Crippen molar-refractivity contribution in [2.24, 2.45) is 5.92 Å². The SMILES string of the molecule is O=C(NCCn1cnc(C2CCCC2)cc1=O)C1CCCN(c2ccc(-c3ccco3)nn2)C1. The van der Waals surface area contributed by atoms with E-state index in [1.165, 1.54) is 12.8 Å². The normalized spacial score (nSPS) is 18.8. The molecule has 1 saturated carbocycles. The first-order chi connectivity index (χ1) is 16.7. The monoisotopic (exact) mass is 462 g/mol. The number of rotatable bonds is 7. The second-order valence-electron chi connectivity index (χ2n) is 9.16. The van der Waals surface area contributed by atoms with Gasteiger partial charge >= 0.3 is 0 Å². The number of hydrogen-bond acceptors (Lipinski definition) is 7. The number of aromatic nitrogens is 4. The van der Waals surface area contributed by atoms with Crippen LogP contribution in [0.3, 0.4) is 0 Å². The van der Waals surface area contributed by atoms with Crippen LogP contribution in [0.1, 0.15) is 50.1 Å². The number of carbonyl (C=O) groups is 1. The molecule has 9 heteroatoms. The van der Waals surface area contributed by atoms with E-state index < -0.39 is 0 Å². The molecule has 1 aliphatic carbocycles. The summed E-state index contributed by atoms with van der Waals surface area (Å²) in [5.41, 5.74) is 1.54. The first-order valence-corrected chi connectivity index (χ1v) is 12.1. The standard InChI is InChI=1S/C25H30N6O3/c32-24-15-21(18-5-1-2-6-18)27-17-31(24)13-11-26-25(33)19-7-3-12-30(16-19)23-10-9-20(28-29-23)22-8-4-14-34-22/h4,8-10,14-15,17-19H,1-3,5-7,11-13,16H2,(H,26,33). The number of hydrogen-bond donors (Lipinski definition) is 1. The van der Waals surface area contributed by atoms with Gasteiger partial charge in [-0.1, -0.05) is 12.8 Å². The van der Waals surface area contributed by atoms with Gasteiger partial charge in [-0.3, -0.25) is 14.2 Å². The van der Waals surface area contributed by atoms with E-state index in [1.807, 2.05) is 24.3 Å². The van der Waals surface area contributed by atoms with Crippen molar-refractivity contribution in [3.8, 4) is 11.5 Å². The van der Waals surface area contributed by atoms with E-state index in [4.69, 9.17) is 4.42 Å². The summed E-state index contributed by atoms with van der Waals surface area (Å²) in [4.78, 5) is 31.9. The van der Waals surface area contributed by atoms with Gasteiger partial charge in [0, 0.05) is 38.2 Å². The Balaban J connectivity index is 1.13. The second kappa shape index (κ2) is 10.2. The van der Waals surface area contributed by atoms with Gasteiger partial charge in [0.1, 0.15) is 5.69 Å². The number of carbonyl (C=O) groups excluding carboxylic acids is 1. The van der Waals surface area contributed by atoms with Gasteiger partial charge in [-0.25, -0.2) is 4.98 Å². The van der Waals surface area contributed by atoms with Gasteiger partial charge in [-0.2, -0.15) is 0 Å². The molecule has 34 heavy (non-hydrogen) atoms. The molecule has 1 N–H and O–H groups in total. The van der Waals surface area contributed by atoms with Gasteiger partial charge in [0.15, 0.2) is 11.6 Å². The van der Waals surface area contributed by atoms with Crippen LogP contribution in [0.25, 0.3) is 11.5 Å². The molecular formula is C25H30N6O3. The van der Waals surface area contributed by atoms with E-state index >= 15 is 0 Å². The van der Waals surface area contributed by atoms with Crippen LogP contribution in [0.4, 0.5) is 5.82 Å². The lowest BCUT2D eigenvalue weighted by Crippen LogP contribution is -2.44. The molecule has 0 aromatic carbocycles.